The average Bonchev–Trinajstić information content (AvgIpc) is 3.00. The smallest absolute Gasteiger partial charge is 0.244 e. The third-order valence-corrected chi connectivity index (χ3v) is 7.54. The maximum atomic E-state index is 13.8. The number of halogens is 1. The average molecular weight is 389 g/mol. The van der Waals surface area contributed by atoms with Gasteiger partial charge < -0.3 is 5.32 Å². The molecule has 5 nitrogen and oxygen atoms in total. The summed E-state index contributed by atoms with van der Waals surface area (Å²) < 4.78 is 42.1. The van der Waals surface area contributed by atoms with E-state index in [-0.39, 0.29) is 28.7 Å². The summed E-state index contributed by atoms with van der Waals surface area (Å²) in [4.78, 5) is 4.19. The van der Waals surface area contributed by atoms with Gasteiger partial charge in [0.05, 0.1) is 0 Å². The fraction of sp³-hybridized carbons (Fsp3) is 0.450. The molecule has 1 aromatic carbocycles. The first-order valence-electron chi connectivity index (χ1n) is 9.48. The van der Waals surface area contributed by atoms with E-state index in [2.05, 4.69) is 10.3 Å². The van der Waals surface area contributed by atoms with Gasteiger partial charge in [-0.05, 0) is 49.2 Å². The van der Waals surface area contributed by atoms with E-state index in [9.17, 15) is 12.8 Å². The van der Waals surface area contributed by atoms with Crippen LogP contribution in [-0.2, 0) is 10.0 Å². The third kappa shape index (κ3) is 3.63. The monoisotopic (exact) mass is 389 g/mol. The fourth-order valence-electron chi connectivity index (χ4n) is 4.38. The largest absolute Gasteiger partial charge is 0.312 e. The summed E-state index contributed by atoms with van der Waals surface area (Å²) in [7, 11) is -3.65. The topological polar surface area (TPSA) is 62.3 Å². The summed E-state index contributed by atoms with van der Waals surface area (Å²) in [5, 5.41) is 3.56. The molecule has 0 unspecified atom stereocenters. The molecule has 4 rings (SSSR count). The van der Waals surface area contributed by atoms with Crippen LogP contribution in [0.2, 0.25) is 0 Å². The second-order valence-corrected chi connectivity index (χ2v) is 9.21. The van der Waals surface area contributed by atoms with E-state index in [1.165, 1.54) is 18.3 Å². The van der Waals surface area contributed by atoms with Crippen LogP contribution in [0, 0.1) is 5.82 Å². The Balaban J connectivity index is 1.73. The van der Waals surface area contributed by atoms with E-state index >= 15 is 0 Å². The van der Waals surface area contributed by atoms with Crippen LogP contribution in [0.5, 0.6) is 0 Å². The van der Waals surface area contributed by atoms with Crippen molar-refractivity contribution in [3.63, 3.8) is 0 Å². The predicted molar refractivity (Wildman–Crippen MR) is 101 cm³/mol. The quantitative estimate of drug-likeness (QED) is 0.877. The lowest BCUT2D eigenvalue weighted by Gasteiger charge is -2.31. The lowest BCUT2D eigenvalue weighted by molar-refractivity contribution is 0.302. The van der Waals surface area contributed by atoms with Crippen molar-refractivity contribution in [3.8, 4) is 0 Å². The zero-order chi connectivity index (χ0) is 18.9. The predicted octanol–water partition coefficient (Wildman–Crippen LogP) is 2.91. The van der Waals surface area contributed by atoms with Crippen molar-refractivity contribution in [3.05, 3.63) is 60.2 Å². The molecule has 1 aromatic heterocycles. The second-order valence-electron chi connectivity index (χ2n) is 7.32. The Morgan fingerprint density at radius 1 is 1.15 bits per heavy atom. The van der Waals surface area contributed by atoms with Crippen molar-refractivity contribution in [1.82, 2.24) is 14.6 Å². The van der Waals surface area contributed by atoms with Gasteiger partial charge in [0.1, 0.15) is 10.7 Å². The summed E-state index contributed by atoms with van der Waals surface area (Å²) in [5.74, 6) is -0.362. The van der Waals surface area contributed by atoms with Crippen molar-refractivity contribution < 1.29 is 12.8 Å². The molecule has 0 bridgehead atoms. The molecule has 0 saturated carbocycles. The van der Waals surface area contributed by atoms with Gasteiger partial charge in [0.2, 0.25) is 10.0 Å². The van der Waals surface area contributed by atoms with Gasteiger partial charge in [0.25, 0.3) is 0 Å². The normalized spacial score (nSPS) is 26.9. The number of hydrogen-bond donors (Lipinski definition) is 1. The van der Waals surface area contributed by atoms with Crippen molar-refractivity contribution >= 4 is 10.0 Å². The van der Waals surface area contributed by atoms with Crippen molar-refractivity contribution in [2.24, 2.45) is 0 Å². The maximum Gasteiger partial charge on any atom is 0.244 e. The molecule has 2 aromatic rings. The Morgan fingerprint density at radius 2 is 2.04 bits per heavy atom. The maximum absolute atomic E-state index is 13.8. The highest BCUT2D eigenvalue weighted by atomic mass is 32.2. The number of fused-ring (bicyclic) bond motifs is 1. The minimum Gasteiger partial charge on any atom is -0.312 e. The molecule has 2 fully saturated rings. The van der Waals surface area contributed by atoms with Gasteiger partial charge in [0.15, 0.2) is 0 Å². The first-order chi connectivity index (χ1) is 13.1. The van der Waals surface area contributed by atoms with Crippen LogP contribution >= 0.6 is 0 Å². The van der Waals surface area contributed by atoms with Gasteiger partial charge in [-0.3, -0.25) is 4.98 Å². The summed E-state index contributed by atoms with van der Waals surface area (Å²) in [6.45, 7) is 1.21. The summed E-state index contributed by atoms with van der Waals surface area (Å²) in [6.07, 6.45) is 6.94. The number of nitrogens with one attached hydrogen (secondary N) is 1. The molecular weight excluding hydrogens is 365 g/mol. The van der Waals surface area contributed by atoms with Crippen LogP contribution in [0.1, 0.15) is 37.2 Å². The highest BCUT2D eigenvalue weighted by Crippen LogP contribution is 2.38. The molecule has 2 saturated heterocycles. The molecular formula is C20H24FN3O2S. The van der Waals surface area contributed by atoms with Crippen LogP contribution in [0.25, 0.3) is 0 Å². The van der Waals surface area contributed by atoms with Crippen molar-refractivity contribution in [2.75, 3.05) is 13.1 Å². The third-order valence-electron chi connectivity index (χ3n) is 5.67. The van der Waals surface area contributed by atoms with E-state index in [0.717, 1.165) is 37.8 Å². The summed E-state index contributed by atoms with van der Waals surface area (Å²) >= 11 is 0. The van der Waals surface area contributed by atoms with E-state index in [4.69, 9.17) is 0 Å². The molecule has 27 heavy (non-hydrogen) atoms. The minimum absolute atomic E-state index is 0.0152. The van der Waals surface area contributed by atoms with Crippen LogP contribution in [0.15, 0.2) is 53.7 Å². The van der Waals surface area contributed by atoms with E-state index in [1.807, 2.05) is 6.07 Å². The van der Waals surface area contributed by atoms with Crippen LogP contribution in [-0.4, -0.2) is 42.9 Å². The standard InChI is InChI=1S/C20H24FN3O2S/c21-16-7-4-6-15(12-16)18-14-24(19-9-2-1-3-11-23-20(18)19)27(25,26)17-8-5-10-22-13-17/h4-8,10,12-13,18-20,23H,1-3,9,11,14H2/t18-,19+,20-/m0/s1. The number of aromatic nitrogens is 1. The van der Waals surface area contributed by atoms with Gasteiger partial charge in [-0.2, -0.15) is 4.31 Å². The molecule has 2 aliphatic heterocycles. The molecule has 7 heteroatoms. The van der Waals surface area contributed by atoms with Crippen LogP contribution in [0.3, 0.4) is 0 Å². The van der Waals surface area contributed by atoms with E-state index in [0.29, 0.717) is 6.54 Å². The zero-order valence-electron chi connectivity index (χ0n) is 15.1. The van der Waals surface area contributed by atoms with Gasteiger partial charge in [0, 0.05) is 36.9 Å². The molecule has 1 N–H and O–H groups in total. The minimum atomic E-state index is -3.65. The number of pyridine rings is 1. The highest BCUT2D eigenvalue weighted by Gasteiger charge is 2.47. The van der Waals surface area contributed by atoms with Crippen LogP contribution < -0.4 is 5.32 Å². The molecule has 144 valence electrons. The van der Waals surface area contributed by atoms with E-state index in [1.54, 1.807) is 28.7 Å². The van der Waals surface area contributed by atoms with Crippen molar-refractivity contribution in [2.45, 2.75) is 48.6 Å². The summed E-state index contributed by atoms with van der Waals surface area (Å²) in [5.41, 5.74) is 0.849. The number of sulfonamides is 1. The Labute approximate surface area is 159 Å². The summed E-state index contributed by atoms with van der Waals surface area (Å²) in [6, 6.07) is 9.62. The van der Waals surface area contributed by atoms with Crippen LogP contribution in [0.4, 0.5) is 4.39 Å². The van der Waals surface area contributed by atoms with Gasteiger partial charge in [-0.25, -0.2) is 12.8 Å². The lowest BCUT2D eigenvalue weighted by atomic mass is 9.88. The Bertz CT molecular complexity index is 891. The van der Waals surface area contributed by atoms with Gasteiger partial charge >= 0.3 is 0 Å². The van der Waals surface area contributed by atoms with Gasteiger partial charge in [-0.1, -0.05) is 25.0 Å². The Hall–Kier alpha value is -1.83. The molecule has 3 atom stereocenters. The van der Waals surface area contributed by atoms with Crippen molar-refractivity contribution in [1.29, 1.82) is 0 Å². The first-order valence-corrected chi connectivity index (χ1v) is 10.9. The SMILES string of the molecule is O=S(=O)(c1cccnc1)N1C[C@@H](c2cccc(F)c2)[C@@H]2NCCCCC[C@H]21. The molecule has 2 aliphatic rings. The molecule has 0 aliphatic carbocycles. The molecule has 3 heterocycles. The molecule has 0 amide bonds. The number of hydrogen-bond acceptors (Lipinski definition) is 4. The Morgan fingerprint density at radius 3 is 2.81 bits per heavy atom. The lowest BCUT2D eigenvalue weighted by Crippen LogP contribution is -2.46. The zero-order valence-corrected chi connectivity index (χ0v) is 15.9. The number of rotatable bonds is 3. The van der Waals surface area contributed by atoms with E-state index < -0.39 is 10.0 Å². The number of nitrogens with zero attached hydrogens (tertiary/aromatic N) is 2. The Kier molecular flexibility index (Phi) is 5.25. The number of benzene rings is 1. The fourth-order valence-corrected chi connectivity index (χ4v) is 6.04. The molecule has 0 radical (unpaired) electrons. The highest BCUT2D eigenvalue weighted by molar-refractivity contribution is 7.89. The molecule has 0 spiro atoms. The first kappa shape index (κ1) is 18.5. The second kappa shape index (κ2) is 7.66. The van der Waals surface area contributed by atoms with Gasteiger partial charge in [-0.15, -0.1) is 0 Å².